The number of anilines is 1. The van der Waals surface area contributed by atoms with Crippen LogP contribution in [0.2, 0.25) is 0 Å². The fourth-order valence-corrected chi connectivity index (χ4v) is 3.79. The van der Waals surface area contributed by atoms with E-state index in [2.05, 4.69) is 15.3 Å². The zero-order valence-corrected chi connectivity index (χ0v) is 17.3. The van der Waals surface area contributed by atoms with Gasteiger partial charge in [-0.1, -0.05) is 37.5 Å². The van der Waals surface area contributed by atoms with Crippen LogP contribution < -0.4 is 10.1 Å². The van der Waals surface area contributed by atoms with Gasteiger partial charge in [-0.3, -0.25) is 4.79 Å². The first-order valence-electron chi connectivity index (χ1n) is 10.6. The number of hydrogen-bond acceptors (Lipinski definition) is 5. The van der Waals surface area contributed by atoms with Crippen LogP contribution in [0.3, 0.4) is 0 Å². The lowest BCUT2D eigenvalue weighted by Gasteiger charge is -2.22. The highest BCUT2D eigenvalue weighted by Crippen LogP contribution is 2.27. The highest BCUT2D eigenvalue weighted by molar-refractivity contribution is 5.92. The minimum absolute atomic E-state index is 0.112. The average molecular weight is 405 g/mol. The lowest BCUT2D eigenvalue weighted by Crippen LogP contribution is -2.19. The Balaban J connectivity index is 1.39. The summed E-state index contributed by atoms with van der Waals surface area (Å²) >= 11 is 0. The number of ether oxygens (including phenoxy) is 1. The molecule has 1 N–H and O–H groups in total. The van der Waals surface area contributed by atoms with E-state index in [9.17, 15) is 4.79 Å². The van der Waals surface area contributed by atoms with Gasteiger partial charge in [0.1, 0.15) is 5.76 Å². The van der Waals surface area contributed by atoms with E-state index in [-0.39, 0.29) is 12.3 Å². The summed E-state index contributed by atoms with van der Waals surface area (Å²) in [5.41, 5.74) is 1.50. The molecule has 1 aliphatic rings. The van der Waals surface area contributed by atoms with Gasteiger partial charge < -0.3 is 14.5 Å². The molecule has 1 saturated carbocycles. The standard InChI is InChI=1S/C24H27N3O3/c1-17-20(26-24(30-17)19-11-6-3-7-12-19)15-22(28)27-23-21(13-8-14-25-23)29-16-18-9-4-2-5-10-18/h3,6-8,11-14,18H,2,4-5,9-10,15-16H2,1H3,(H,25,27,28). The van der Waals surface area contributed by atoms with Gasteiger partial charge in [-0.25, -0.2) is 9.97 Å². The van der Waals surface area contributed by atoms with Gasteiger partial charge in [0.05, 0.1) is 18.7 Å². The van der Waals surface area contributed by atoms with E-state index in [1.165, 1.54) is 32.1 Å². The van der Waals surface area contributed by atoms with E-state index in [0.29, 0.717) is 41.4 Å². The minimum atomic E-state index is -0.202. The predicted octanol–water partition coefficient (Wildman–Crippen LogP) is 5.19. The SMILES string of the molecule is Cc1oc(-c2ccccc2)nc1CC(=O)Nc1ncccc1OCC1CCCCC1. The van der Waals surface area contributed by atoms with Crippen molar-refractivity contribution in [1.29, 1.82) is 0 Å². The van der Waals surface area contributed by atoms with Crippen molar-refractivity contribution in [3.8, 4) is 17.2 Å². The first-order valence-corrected chi connectivity index (χ1v) is 10.6. The maximum atomic E-state index is 12.6. The molecule has 6 heteroatoms. The number of carbonyl (C=O) groups is 1. The Kier molecular flexibility index (Phi) is 6.42. The van der Waals surface area contributed by atoms with E-state index < -0.39 is 0 Å². The molecule has 156 valence electrons. The first kappa shape index (κ1) is 20.1. The number of rotatable bonds is 7. The molecule has 1 fully saturated rings. The van der Waals surface area contributed by atoms with Crippen LogP contribution in [0.5, 0.6) is 5.75 Å². The molecule has 3 aromatic rings. The molecule has 1 aromatic carbocycles. The molecule has 0 radical (unpaired) electrons. The molecule has 6 nitrogen and oxygen atoms in total. The van der Waals surface area contributed by atoms with Crippen LogP contribution in [0, 0.1) is 12.8 Å². The van der Waals surface area contributed by atoms with Gasteiger partial charge in [0, 0.05) is 11.8 Å². The average Bonchev–Trinajstić information content (AvgIpc) is 3.14. The van der Waals surface area contributed by atoms with Crippen LogP contribution in [0.15, 0.2) is 53.1 Å². The number of aryl methyl sites for hydroxylation is 1. The van der Waals surface area contributed by atoms with Crippen molar-refractivity contribution >= 4 is 11.7 Å². The van der Waals surface area contributed by atoms with Crippen LogP contribution in [0.1, 0.15) is 43.6 Å². The van der Waals surface area contributed by atoms with Gasteiger partial charge in [-0.15, -0.1) is 0 Å². The highest BCUT2D eigenvalue weighted by atomic mass is 16.5. The van der Waals surface area contributed by atoms with Gasteiger partial charge >= 0.3 is 0 Å². The lowest BCUT2D eigenvalue weighted by atomic mass is 9.90. The zero-order chi connectivity index (χ0) is 20.8. The molecule has 0 aliphatic heterocycles. The van der Waals surface area contributed by atoms with Crippen LogP contribution >= 0.6 is 0 Å². The molecule has 4 rings (SSSR count). The Morgan fingerprint density at radius 1 is 1.13 bits per heavy atom. The third-order valence-corrected chi connectivity index (χ3v) is 5.47. The van der Waals surface area contributed by atoms with Crippen molar-refractivity contribution < 1.29 is 13.9 Å². The molecule has 0 bridgehead atoms. The number of aromatic nitrogens is 2. The summed E-state index contributed by atoms with van der Waals surface area (Å²) in [6.07, 6.45) is 8.03. The Hall–Kier alpha value is -3.15. The quantitative estimate of drug-likeness (QED) is 0.586. The highest BCUT2D eigenvalue weighted by Gasteiger charge is 2.18. The number of nitrogens with one attached hydrogen (secondary N) is 1. The largest absolute Gasteiger partial charge is 0.489 e. The van der Waals surface area contributed by atoms with Gasteiger partial charge in [-0.05, 0) is 49.9 Å². The fourth-order valence-electron chi connectivity index (χ4n) is 3.79. The minimum Gasteiger partial charge on any atom is -0.489 e. The molecular weight excluding hydrogens is 378 g/mol. The molecule has 1 amide bonds. The molecule has 1 aliphatic carbocycles. The van der Waals surface area contributed by atoms with Crippen LogP contribution in [0.25, 0.3) is 11.5 Å². The van der Waals surface area contributed by atoms with E-state index in [0.717, 1.165) is 5.56 Å². The molecule has 0 spiro atoms. The Labute approximate surface area is 176 Å². The predicted molar refractivity (Wildman–Crippen MR) is 115 cm³/mol. The summed E-state index contributed by atoms with van der Waals surface area (Å²) in [5, 5.41) is 2.87. The summed E-state index contributed by atoms with van der Waals surface area (Å²) in [6, 6.07) is 13.3. The monoisotopic (exact) mass is 405 g/mol. The number of oxazole rings is 1. The van der Waals surface area contributed by atoms with E-state index in [1.807, 2.05) is 49.4 Å². The van der Waals surface area contributed by atoms with Crippen molar-refractivity contribution in [3.63, 3.8) is 0 Å². The molecular formula is C24H27N3O3. The van der Waals surface area contributed by atoms with Crippen LogP contribution in [-0.2, 0) is 11.2 Å². The first-order chi connectivity index (χ1) is 14.7. The number of benzene rings is 1. The van der Waals surface area contributed by atoms with Crippen molar-refractivity contribution in [2.45, 2.75) is 45.4 Å². The molecule has 2 heterocycles. The molecule has 30 heavy (non-hydrogen) atoms. The molecule has 0 atom stereocenters. The number of amides is 1. The second-order valence-electron chi connectivity index (χ2n) is 7.78. The maximum Gasteiger partial charge on any atom is 0.231 e. The van der Waals surface area contributed by atoms with E-state index >= 15 is 0 Å². The van der Waals surface area contributed by atoms with Crippen molar-refractivity contribution in [2.75, 3.05) is 11.9 Å². The number of pyridine rings is 1. The number of carbonyl (C=O) groups excluding carboxylic acids is 1. The molecule has 2 aromatic heterocycles. The Morgan fingerprint density at radius 2 is 1.93 bits per heavy atom. The van der Waals surface area contributed by atoms with Gasteiger partial charge in [-0.2, -0.15) is 0 Å². The van der Waals surface area contributed by atoms with Gasteiger partial charge in [0.25, 0.3) is 0 Å². The second-order valence-corrected chi connectivity index (χ2v) is 7.78. The summed E-state index contributed by atoms with van der Waals surface area (Å²) in [6.45, 7) is 2.49. The van der Waals surface area contributed by atoms with Crippen LogP contribution in [0.4, 0.5) is 5.82 Å². The van der Waals surface area contributed by atoms with Crippen molar-refractivity contribution in [1.82, 2.24) is 9.97 Å². The lowest BCUT2D eigenvalue weighted by molar-refractivity contribution is -0.115. The number of hydrogen-bond donors (Lipinski definition) is 1. The third-order valence-electron chi connectivity index (χ3n) is 5.47. The normalized spacial score (nSPS) is 14.4. The fraction of sp³-hybridized carbons (Fsp3) is 0.375. The molecule has 0 saturated heterocycles. The second kappa shape index (κ2) is 9.57. The van der Waals surface area contributed by atoms with E-state index in [4.69, 9.17) is 9.15 Å². The Morgan fingerprint density at radius 3 is 2.73 bits per heavy atom. The third kappa shape index (κ3) is 5.06. The summed E-state index contributed by atoms with van der Waals surface area (Å²) in [5.74, 6) is 2.59. The van der Waals surface area contributed by atoms with Gasteiger partial charge in [0.2, 0.25) is 11.8 Å². The van der Waals surface area contributed by atoms with E-state index in [1.54, 1.807) is 6.20 Å². The number of nitrogens with zero attached hydrogens (tertiary/aromatic N) is 2. The summed E-state index contributed by atoms with van der Waals surface area (Å²) < 4.78 is 11.8. The zero-order valence-electron chi connectivity index (χ0n) is 17.3. The molecule has 0 unspecified atom stereocenters. The van der Waals surface area contributed by atoms with Gasteiger partial charge in [0.15, 0.2) is 11.6 Å². The Bertz CT molecular complexity index is 978. The van der Waals surface area contributed by atoms with Crippen molar-refractivity contribution in [2.24, 2.45) is 5.92 Å². The topological polar surface area (TPSA) is 77.3 Å². The summed E-state index contributed by atoms with van der Waals surface area (Å²) in [7, 11) is 0. The smallest absolute Gasteiger partial charge is 0.231 e. The maximum absolute atomic E-state index is 12.6. The summed E-state index contributed by atoms with van der Waals surface area (Å²) in [4.78, 5) is 21.5. The van der Waals surface area contributed by atoms with Crippen molar-refractivity contribution in [3.05, 3.63) is 60.1 Å². The van der Waals surface area contributed by atoms with Crippen LogP contribution in [-0.4, -0.2) is 22.5 Å².